The smallest absolute Gasteiger partial charge is 0.242 e. The lowest BCUT2D eigenvalue weighted by Gasteiger charge is -2.13. The molecule has 7 nitrogen and oxygen atoms in total. The first-order valence-corrected chi connectivity index (χ1v) is 10.1. The van der Waals surface area contributed by atoms with Crippen LogP contribution >= 0.6 is 0 Å². The number of allylic oxidation sites excluding steroid dienone is 2. The van der Waals surface area contributed by atoms with Crippen molar-refractivity contribution in [3.05, 3.63) is 71.3 Å². The molecule has 0 aliphatic carbocycles. The summed E-state index contributed by atoms with van der Waals surface area (Å²) in [5.41, 5.74) is 8.37. The van der Waals surface area contributed by atoms with E-state index < -0.39 is 6.04 Å². The van der Waals surface area contributed by atoms with Crippen LogP contribution in [0.3, 0.4) is 0 Å². The number of carbonyl (C=O) groups is 2. The van der Waals surface area contributed by atoms with Crippen molar-refractivity contribution in [2.75, 3.05) is 12.4 Å². The molecule has 4 N–H and O–H groups in total. The summed E-state index contributed by atoms with van der Waals surface area (Å²) < 4.78 is 0. The lowest BCUT2D eigenvalue weighted by atomic mass is 9.98. The number of rotatable bonds is 5. The minimum Gasteiger partial charge on any atom is -0.402 e. The number of nitrogens with two attached hydrogens (primary N) is 1. The Balaban J connectivity index is 2.08. The number of Topliss-reactive ketones (excluding diaryl/α,β-unsaturated/α-hetero) is 1. The molecule has 1 atom stereocenters. The number of benzene rings is 1. The van der Waals surface area contributed by atoms with Crippen LogP contribution in [0.4, 0.5) is 5.82 Å². The van der Waals surface area contributed by atoms with Gasteiger partial charge in [-0.2, -0.15) is 0 Å². The van der Waals surface area contributed by atoms with Crippen molar-refractivity contribution >= 4 is 33.9 Å². The molecule has 3 aromatic rings. The molecule has 0 bridgehead atoms. The Bertz CT molecular complexity index is 1280. The first kappa shape index (κ1) is 22.7. The van der Waals surface area contributed by atoms with Crippen LogP contribution in [-0.4, -0.2) is 34.7 Å². The maximum Gasteiger partial charge on any atom is 0.242 e. The van der Waals surface area contributed by atoms with E-state index in [0.717, 1.165) is 16.3 Å². The van der Waals surface area contributed by atoms with Crippen molar-refractivity contribution in [2.24, 2.45) is 5.73 Å². The highest BCUT2D eigenvalue weighted by molar-refractivity contribution is 6.20. The van der Waals surface area contributed by atoms with Crippen LogP contribution in [0, 0.1) is 11.8 Å². The third-order valence-corrected chi connectivity index (χ3v) is 4.95. The van der Waals surface area contributed by atoms with Crippen LogP contribution in [0.2, 0.25) is 0 Å². The lowest BCUT2D eigenvalue weighted by Crippen LogP contribution is -2.35. The summed E-state index contributed by atoms with van der Waals surface area (Å²) in [7, 11) is 1.70. The van der Waals surface area contributed by atoms with E-state index in [2.05, 4.69) is 32.4 Å². The quantitative estimate of drug-likeness (QED) is 0.427. The van der Waals surface area contributed by atoms with Gasteiger partial charge in [-0.15, -0.1) is 0 Å². The molecule has 2 heterocycles. The SMILES string of the molecule is CNC(C)C(=O)Nc1ccc(/C(C(C)=O)=C(\C)N)c(C#Cc2ccc3cnccc3c2)n1. The Hall–Kier alpha value is -4.02. The standard InChI is InChI=1S/C25H25N5O2/c1-15(26)24(17(3)31)21-8-10-23(30-25(32)16(2)27-4)29-22(21)9-6-18-5-7-20-14-28-12-11-19(20)13-18/h5,7-8,10-14,16,27H,26H2,1-4H3,(H,29,30,32)/b24-15+. The van der Waals surface area contributed by atoms with Gasteiger partial charge in [0.25, 0.3) is 0 Å². The third-order valence-electron chi connectivity index (χ3n) is 4.95. The van der Waals surface area contributed by atoms with Crippen LogP contribution in [0.1, 0.15) is 37.6 Å². The van der Waals surface area contributed by atoms with E-state index in [1.165, 1.54) is 6.92 Å². The molecule has 1 amide bonds. The van der Waals surface area contributed by atoms with Crippen molar-refractivity contribution in [3.63, 3.8) is 0 Å². The maximum atomic E-state index is 12.3. The molecule has 0 spiro atoms. The summed E-state index contributed by atoms with van der Waals surface area (Å²) in [5, 5.41) is 7.67. The van der Waals surface area contributed by atoms with Crippen molar-refractivity contribution < 1.29 is 9.59 Å². The highest BCUT2D eigenvalue weighted by atomic mass is 16.2. The average molecular weight is 428 g/mol. The average Bonchev–Trinajstić information content (AvgIpc) is 2.77. The molecule has 1 aromatic carbocycles. The second-order valence-electron chi connectivity index (χ2n) is 7.39. The topological polar surface area (TPSA) is 110 Å². The maximum absolute atomic E-state index is 12.3. The highest BCUT2D eigenvalue weighted by Crippen LogP contribution is 2.23. The second kappa shape index (κ2) is 9.86. The van der Waals surface area contributed by atoms with E-state index in [-0.39, 0.29) is 11.7 Å². The first-order chi connectivity index (χ1) is 15.3. The largest absolute Gasteiger partial charge is 0.402 e. The zero-order valence-electron chi connectivity index (χ0n) is 18.5. The Morgan fingerprint density at radius 3 is 2.53 bits per heavy atom. The number of hydrogen-bond acceptors (Lipinski definition) is 6. The monoisotopic (exact) mass is 427 g/mol. The van der Waals surface area contributed by atoms with Crippen LogP contribution in [0.25, 0.3) is 16.3 Å². The van der Waals surface area contributed by atoms with E-state index in [9.17, 15) is 9.59 Å². The molecule has 32 heavy (non-hydrogen) atoms. The van der Waals surface area contributed by atoms with Gasteiger partial charge in [0, 0.05) is 40.2 Å². The summed E-state index contributed by atoms with van der Waals surface area (Å²) in [6.45, 7) is 4.86. The molecule has 0 fully saturated rings. The van der Waals surface area contributed by atoms with Gasteiger partial charge in [0.1, 0.15) is 11.5 Å². The van der Waals surface area contributed by atoms with E-state index in [0.29, 0.717) is 28.3 Å². The van der Waals surface area contributed by atoms with Crippen LogP contribution in [-0.2, 0) is 9.59 Å². The predicted octanol–water partition coefficient (Wildman–Crippen LogP) is 2.85. The molecule has 1 unspecified atom stereocenters. The number of amides is 1. The number of nitrogens with one attached hydrogen (secondary N) is 2. The minimum atomic E-state index is -0.392. The summed E-state index contributed by atoms with van der Waals surface area (Å²) >= 11 is 0. The van der Waals surface area contributed by atoms with Crippen molar-refractivity contribution in [2.45, 2.75) is 26.8 Å². The van der Waals surface area contributed by atoms with Gasteiger partial charge in [-0.05, 0) is 69.5 Å². The van der Waals surface area contributed by atoms with Gasteiger partial charge in [0.05, 0.1) is 6.04 Å². The third kappa shape index (κ3) is 5.17. The minimum absolute atomic E-state index is 0.186. The summed E-state index contributed by atoms with van der Waals surface area (Å²) in [5.74, 6) is 6.09. The number of aromatic nitrogens is 2. The van der Waals surface area contributed by atoms with E-state index in [1.807, 2.05) is 24.3 Å². The second-order valence-corrected chi connectivity index (χ2v) is 7.39. The van der Waals surface area contributed by atoms with Gasteiger partial charge in [0.2, 0.25) is 5.91 Å². The Kier molecular flexibility index (Phi) is 6.98. The molecule has 7 heteroatoms. The fourth-order valence-corrected chi connectivity index (χ4v) is 3.16. The van der Waals surface area contributed by atoms with Crippen LogP contribution in [0.15, 0.2) is 54.5 Å². The zero-order valence-corrected chi connectivity index (χ0v) is 18.5. The Morgan fingerprint density at radius 1 is 1.06 bits per heavy atom. The van der Waals surface area contributed by atoms with Gasteiger partial charge >= 0.3 is 0 Å². The molecule has 3 rings (SSSR count). The Labute approximate surface area is 187 Å². The van der Waals surface area contributed by atoms with Crippen molar-refractivity contribution in [1.82, 2.24) is 15.3 Å². The number of likely N-dealkylation sites (N-methyl/N-ethyl adjacent to an activating group) is 1. The zero-order chi connectivity index (χ0) is 23.3. The molecule has 0 aliphatic heterocycles. The molecule has 2 aromatic heterocycles. The molecule has 0 radical (unpaired) electrons. The predicted molar refractivity (Wildman–Crippen MR) is 127 cm³/mol. The normalized spacial score (nSPS) is 12.4. The number of anilines is 1. The van der Waals surface area contributed by atoms with E-state index in [4.69, 9.17) is 5.73 Å². The number of fused-ring (bicyclic) bond motifs is 1. The summed E-state index contributed by atoms with van der Waals surface area (Å²) in [4.78, 5) is 33.1. The van der Waals surface area contributed by atoms with Crippen molar-refractivity contribution in [1.29, 1.82) is 0 Å². The molecular formula is C25H25N5O2. The highest BCUT2D eigenvalue weighted by Gasteiger charge is 2.17. The van der Waals surface area contributed by atoms with Gasteiger partial charge in [-0.3, -0.25) is 14.6 Å². The number of hydrogen-bond donors (Lipinski definition) is 3. The molecule has 0 saturated heterocycles. The first-order valence-electron chi connectivity index (χ1n) is 10.1. The number of ketones is 1. The van der Waals surface area contributed by atoms with Crippen LogP contribution < -0.4 is 16.4 Å². The van der Waals surface area contributed by atoms with Gasteiger partial charge < -0.3 is 16.4 Å². The fourth-order valence-electron chi connectivity index (χ4n) is 3.16. The summed E-state index contributed by atoms with van der Waals surface area (Å²) in [6, 6.07) is 10.7. The van der Waals surface area contributed by atoms with Gasteiger partial charge in [0.15, 0.2) is 5.78 Å². The molecule has 0 aliphatic rings. The van der Waals surface area contributed by atoms with E-state index in [1.54, 1.807) is 45.4 Å². The lowest BCUT2D eigenvalue weighted by molar-refractivity contribution is -0.117. The van der Waals surface area contributed by atoms with Crippen LogP contribution in [0.5, 0.6) is 0 Å². The van der Waals surface area contributed by atoms with Crippen molar-refractivity contribution in [3.8, 4) is 11.8 Å². The molecule has 162 valence electrons. The fraction of sp³-hybridized carbons (Fsp3) is 0.200. The van der Waals surface area contributed by atoms with Gasteiger partial charge in [-0.1, -0.05) is 12.0 Å². The number of carbonyl (C=O) groups excluding carboxylic acids is 2. The Morgan fingerprint density at radius 2 is 1.84 bits per heavy atom. The van der Waals surface area contributed by atoms with E-state index >= 15 is 0 Å². The van der Waals surface area contributed by atoms with Gasteiger partial charge in [-0.25, -0.2) is 4.98 Å². The molecule has 0 saturated carbocycles. The number of pyridine rings is 2. The summed E-state index contributed by atoms with van der Waals surface area (Å²) in [6.07, 6.45) is 3.52. The number of nitrogens with zero attached hydrogens (tertiary/aromatic N) is 2. The molecular weight excluding hydrogens is 402 g/mol.